The smallest absolute Gasteiger partial charge is 0.337 e. The molecule has 1 aliphatic carbocycles. The van der Waals surface area contributed by atoms with E-state index in [0.29, 0.717) is 17.3 Å². The van der Waals surface area contributed by atoms with Crippen molar-refractivity contribution < 1.29 is 9.90 Å². The topological polar surface area (TPSA) is 49.3 Å². The molecule has 0 saturated heterocycles. The molecule has 2 N–H and O–H groups in total. The maximum atomic E-state index is 11.4. The van der Waals surface area contributed by atoms with Gasteiger partial charge >= 0.3 is 5.97 Å². The van der Waals surface area contributed by atoms with Gasteiger partial charge in [0.2, 0.25) is 0 Å². The largest absolute Gasteiger partial charge is 0.478 e. The Balaban J connectivity index is 2.25. The van der Waals surface area contributed by atoms with Gasteiger partial charge < -0.3 is 10.4 Å². The molecule has 0 aliphatic heterocycles. The number of carbonyl (C=O) groups is 1. The number of carboxylic acid groups (broad SMARTS) is 1. The molecular formula is C17H24BrNO2. The number of benzene rings is 1. The van der Waals surface area contributed by atoms with E-state index in [2.05, 4.69) is 48.9 Å². The van der Waals surface area contributed by atoms with Crippen LogP contribution in [0.2, 0.25) is 0 Å². The molecule has 1 aromatic rings. The van der Waals surface area contributed by atoms with Crippen LogP contribution in [0, 0.1) is 10.8 Å². The van der Waals surface area contributed by atoms with Gasteiger partial charge in [0.05, 0.1) is 11.3 Å². The zero-order chi connectivity index (χ0) is 15.8. The number of rotatable bonds is 3. The van der Waals surface area contributed by atoms with Crippen molar-refractivity contribution in [2.45, 2.75) is 53.0 Å². The van der Waals surface area contributed by atoms with E-state index >= 15 is 0 Å². The molecule has 0 radical (unpaired) electrons. The van der Waals surface area contributed by atoms with Gasteiger partial charge in [-0.25, -0.2) is 4.79 Å². The van der Waals surface area contributed by atoms with Crippen molar-refractivity contribution in [2.24, 2.45) is 10.8 Å². The fraction of sp³-hybridized carbons (Fsp3) is 0.588. The van der Waals surface area contributed by atoms with Crippen LogP contribution in [0.25, 0.3) is 0 Å². The maximum absolute atomic E-state index is 11.4. The SMILES string of the molecule is CC1(C)CC(Nc2cc(Br)ccc2C(=O)O)CC(C)(C)C1. The average molecular weight is 354 g/mol. The first kappa shape index (κ1) is 16.3. The summed E-state index contributed by atoms with van der Waals surface area (Å²) in [5, 5.41) is 12.8. The zero-order valence-electron chi connectivity index (χ0n) is 13.2. The van der Waals surface area contributed by atoms with Crippen LogP contribution in [0.1, 0.15) is 57.3 Å². The van der Waals surface area contributed by atoms with Crippen LogP contribution in [0.4, 0.5) is 5.69 Å². The highest BCUT2D eigenvalue weighted by molar-refractivity contribution is 9.10. The summed E-state index contributed by atoms with van der Waals surface area (Å²) in [6, 6.07) is 5.58. The monoisotopic (exact) mass is 353 g/mol. The average Bonchev–Trinajstić information content (AvgIpc) is 2.23. The molecule has 0 amide bonds. The molecule has 0 heterocycles. The Kier molecular flexibility index (Phi) is 4.39. The predicted octanol–water partition coefficient (Wildman–Crippen LogP) is 5.16. The standard InChI is InChI=1S/C17H24BrNO2/c1-16(2)8-12(9-17(3,4)10-16)19-14-7-11(18)5-6-13(14)15(20)21/h5-7,12,19H,8-10H2,1-4H3,(H,20,21). The van der Waals surface area contributed by atoms with Gasteiger partial charge in [-0.1, -0.05) is 43.6 Å². The lowest BCUT2D eigenvalue weighted by atomic mass is 9.63. The first-order chi connectivity index (χ1) is 9.58. The van der Waals surface area contributed by atoms with Gasteiger partial charge in [0, 0.05) is 10.5 Å². The molecule has 3 nitrogen and oxygen atoms in total. The van der Waals surface area contributed by atoms with Gasteiger partial charge in [0.1, 0.15) is 0 Å². The van der Waals surface area contributed by atoms with Crippen molar-refractivity contribution >= 4 is 27.6 Å². The molecule has 4 heteroatoms. The summed E-state index contributed by atoms with van der Waals surface area (Å²) in [4.78, 5) is 11.4. The van der Waals surface area contributed by atoms with Gasteiger partial charge in [0.25, 0.3) is 0 Å². The summed E-state index contributed by atoms with van der Waals surface area (Å²) in [5.41, 5.74) is 1.58. The first-order valence-electron chi connectivity index (χ1n) is 7.37. The Morgan fingerprint density at radius 3 is 2.33 bits per heavy atom. The van der Waals surface area contributed by atoms with E-state index < -0.39 is 5.97 Å². The maximum Gasteiger partial charge on any atom is 0.337 e. The van der Waals surface area contributed by atoms with Crippen LogP contribution in [-0.4, -0.2) is 17.1 Å². The number of nitrogens with one attached hydrogen (secondary N) is 1. The quantitative estimate of drug-likeness (QED) is 0.788. The Morgan fingerprint density at radius 1 is 1.24 bits per heavy atom. The van der Waals surface area contributed by atoms with Gasteiger partial charge in [-0.2, -0.15) is 0 Å². The molecule has 1 saturated carbocycles. The summed E-state index contributed by atoms with van der Waals surface area (Å²) in [6.45, 7) is 9.17. The molecule has 0 spiro atoms. The van der Waals surface area contributed by atoms with Crippen LogP contribution >= 0.6 is 15.9 Å². The number of aromatic carboxylic acids is 1. The van der Waals surface area contributed by atoms with E-state index in [0.717, 1.165) is 17.3 Å². The highest BCUT2D eigenvalue weighted by atomic mass is 79.9. The molecular weight excluding hydrogens is 330 g/mol. The highest BCUT2D eigenvalue weighted by Gasteiger charge is 2.38. The lowest BCUT2D eigenvalue weighted by Gasteiger charge is -2.45. The molecule has 2 rings (SSSR count). The van der Waals surface area contributed by atoms with Crippen molar-refractivity contribution in [1.82, 2.24) is 0 Å². The fourth-order valence-electron chi connectivity index (χ4n) is 3.99. The van der Waals surface area contributed by atoms with Gasteiger partial charge in [-0.15, -0.1) is 0 Å². The summed E-state index contributed by atoms with van der Waals surface area (Å²) in [7, 11) is 0. The Hall–Kier alpha value is -1.03. The molecule has 1 fully saturated rings. The van der Waals surface area contributed by atoms with E-state index in [1.165, 1.54) is 6.42 Å². The molecule has 1 aliphatic rings. The van der Waals surface area contributed by atoms with Gasteiger partial charge in [-0.3, -0.25) is 0 Å². The zero-order valence-corrected chi connectivity index (χ0v) is 14.8. The van der Waals surface area contributed by atoms with E-state index in [-0.39, 0.29) is 10.8 Å². The van der Waals surface area contributed by atoms with Crippen molar-refractivity contribution in [3.05, 3.63) is 28.2 Å². The lowest BCUT2D eigenvalue weighted by Crippen LogP contribution is -2.40. The van der Waals surface area contributed by atoms with Crippen molar-refractivity contribution in [1.29, 1.82) is 0 Å². The number of hydrogen-bond acceptors (Lipinski definition) is 2. The van der Waals surface area contributed by atoms with E-state index in [9.17, 15) is 9.90 Å². The third kappa shape index (κ3) is 4.22. The van der Waals surface area contributed by atoms with E-state index in [1.807, 2.05) is 6.07 Å². The van der Waals surface area contributed by atoms with E-state index in [1.54, 1.807) is 12.1 Å². The molecule has 21 heavy (non-hydrogen) atoms. The second-order valence-corrected chi connectivity index (χ2v) is 8.67. The van der Waals surface area contributed by atoms with Crippen LogP contribution < -0.4 is 5.32 Å². The minimum atomic E-state index is -0.890. The van der Waals surface area contributed by atoms with Gasteiger partial charge in [0.15, 0.2) is 0 Å². The number of anilines is 1. The Morgan fingerprint density at radius 2 is 1.81 bits per heavy atom. The lowest BCUT2D eigenvalue weighted by molar-refractivity contribution is 0.0697. The molecule has 0 unspecified atom stereocenters. The number of hydrogen-bond donors (Lipinski definition) is 2. The Labute approximate surface area is 135 Å². The number of carboxylic acids is 1. The third-order valence-electron chi connectivity index (χ3n) is 4.13. The normalized spacial score (nSPS) is 21.0. The van der Waals surface area contributed by atoms with Gasteiger partial charge in [-0.05, 0) is 48.3 Å². The third-order valence-corrected chi connectivity index (χ3v) is 4.62. The van der Waals surface area contributed by atoms with E-state index in [4.69, 9.17) is 0 Å². The minimum absolute atomic E-state index is 0.273. The molecule has 0 bridgehead atoms. The summed E-state index contributed by atoms with van der Waals surface area (Å²) in [5.74, 6) is -0.890. The van der Waals surface area contributed by atoms with Crippen LogP contribution in [0.15, 0.2) is 22.7 Å². The molecule has 116 valence electrons. The summed E-state index contributed by atoms with van der Waals surface area (Å²) < 4.78 is 0.893. The van der Waals surface area contributed by atoms with Crippen LogP contribution in [0.5, 0.6) is 0 Å². The van der Waals surface area contributed by atoms with Crippen molar-refractivity contribution in [3.8, 4) is 0 Å². The summed E-state index contributed by atoms with van der Waals surface area (Å²) >= 11 is 3.42. The minimum Gasteiger partial charge on any atom is -0.478 e. The van der Waals surface area contributed by atoms with Crippen LogP contribution in [0.3, 0.4) is 0 Å². The first-order valence-corrected chi connectivity index (χ1v) is 8.17. The summed E-state index contributed by atoms with van der Waals surface area (Å²) in [6.07, 6.45) is 3.31. The van der Waals surface area contributed by atoms with Crippen LogP contribution in [-0.2, 0) is 0 Å². The van der Waals surface area contributed by atoms with Crippen molar-refractivity contribution in [3.63, 3.8) is 0 Å². The highest BCUT2D eigenvalue weighted by Crippen LogP contribution is 2.46. The molecule has 1 aromatic carbocycles. The second kappa shape index (κ2) is 5.64. The Bertz CT molecular complexity index is 536. The predicted molar refractivity (Wildman–Crippen MR) is 89.9 cm³/mol. The molecule has 0 aromatic heterocycles. The second-order valence-electron chi connectivity index (χ2n) is 7.75. The number of halogens is 1. The molecule has 0 atom stereocenters. The fourth-order valence-corrected chi connectivity index (χ4v) is 4.35. The van der Waals surface area contributed by atoms with Crippen molar-refractivity contribution in [2.75, 3.05) is 5.32 Å².